The third-order valence-electron chi connectivity index (χ3n) is 3.37. The van der Waals surface area contributed by atoms with Crippen LogP contribution in [0.5, 0.6) is 11.5 Å². The van der Waals surface area contributed by atoms with Gasteiger partial charge < -0.3 is 20.3 Å². The molecule has 110 valence electrons. The summed E-state index contributed by atoms with van der Waals surface area (Å²) in [5.41, 5.74) is 8.55. The molecule has 0 bridgehead atoms. The second kappa shape index (κ2) is 5.57. The minimum absolute atomic E-state index is 0.0972. The first-order chi connectivity index (χ1) is 10.2. The average Bonchev–Trinajstić information content (AvgIpc) is 2.50. The number of hydrogen-bond donors (Lipinski definition) is 2. The van der Waals surface area contributed by atoms with Gasteiger partial charge in [0.15, 0.2) is 17.3 Å². The SMILES string of the molecule is CCOc1cc(-c2nc(N)c3c(n2)CCOC3)ccc1O. The molecule has 1 aliphatic heterocycles. The molecule has 0 spiro atoms. The first-order valence-electron chi connectivity index (χ1n) is 6.88. The molecule has 0 amide bonds. The van der Waals surface area contributed by atoms with E-state index in [4.69, 9.17) is 15.2 Å². The maximum absolute atomic E-state index is 9.75. The highest BCUT2D eigenvalue weighted by Crippen LogP contribution is 2.31. The molecule has 6 heteroatoms. The lowest BCUT2D eigenvalue weighted by atomic mass is 10.1. The van der Waals surface area contributed by atoms with Crippen LogP contribution >= 0.6 is 0 Å². The molecule has 2 aromatic rings. The van der Waals surface area contributed by atoms with Crippen LogP contribution in [0.1, 0.15) is 18.2 Å². The predicted octanol–water partition coefficient (Wildman–Crippen LogP) is 1.90. The number of nitrogens with two attached hydrogens (primary N) is 1. The third kappa shape index (κ3) is 2.62. The lowest BCUT2D eigenvalue weighted by molar-refractivity contribution is 0.109. The van der Waals surface area contributed by atoms with E-state index in [-0.39, 0.29) is 5.75 Å². The second-order valence-electron chi connectivity index (χ2n) is 4.78. The molecule has 1 aliphatic rings. The van der Waals surface area contributed by atoms with Crippen LogP contribution in [0.25, 0.3) is 11.4 Å². The second-order valence-corrected chi connectivity index (χ2v) is 4.78. The quantitative estimate of drug-likeness (QED) is 0.896. The Bertz CT molecular complexity index is 673. The molecule has 2 heterocycles. The number of nitrogens with zero attached hydrogens (tertiary/aromatic N) is 2. The van der Waals surface area contributed by atoms with E-state index in [1.807, 2.05) is 6.92 Å². The van der Waals surface area contributed by atoms with Crippen LogP contribution in [0.2, 0.25) is 0 Å². The molecule has 0 aliphatic carbocycles. The fraction of sp³-hybridized carbons (Fsp3) is 0.333. The molecule has 0 radical (unpaired) electrons. The number of fused-ring (bicyclic) bond motifs is 1. The number of aromatic nitrogens is 2. The van der Waals surface area contributed by atoms with Crippen molar-refractivity contribution in [2.75, 3.05) is 18.9 Å². The molecular weight excluding hydrogens is 270 g/mol. The molecule has 3 rings (SSSR count). The standard InChI is InChI=1S/C15H17N3O3/c1-2-21-13-7-9(3-4-12(13)19)15-17-11-5-6-20-8-10(11)14(16)18-15/h3-4,7,19H,2,5-6,8H2,1H3,(H2,16,17,18). The first kappa shape index (κ1) is 13.6. The van der Waals surface area contributed by atoms with Gasteiger partial charge in [0.25, 0.3) is 0 Å². The Balaban J connectivity index is 2.04. The van der Waals surface area contributed by atoms with Crippen molar-refractivity contribution in [3.8, 4) is 22.9 Å². The molecule has 1 aromatic heterocycles. The summed E-state index contributed by atoms with van der Waals surface area (Å²) in [7, 11) is 0. The first-order valence-corrected chi connectivity index (χ1v) is 6.88. The van der Waals surface area contributed by atoms with Crippen molar-refractivity contribution in [2.24, 2.45) is 0 Å². The van der Waals surface area contributed by atoms with Gasteiger partial charge in [0.05, 0.1) is 25.5 Å². The number of aromatic hydroxyl groups is 1. The number of phenols is 1. The number of phenolic OH excluding ortho intramolecular Hbond substituents is 1. The maximum atomic E-state index is 9.75. The van der Waals surface area contributed by atoms with E-state index in [0.29, 0.717) is 37.2 Å². The van der Waals surface area contributed by atoms with Gasteiger partial charge in [-0.15, -0.1) is 0 Å². The van der Waals surface area contributed by atoms with Gasteiger partial charge in [0, 0.05) is 17.5 Å². The number of anilines is 1. The summed E-state index contributed by atoms with van der Waals surface area (Å²) in [6, 6.07) is 5.04. The lowest BCUT2D eigenvalue weighted by Crippen LogP contribution is -2.16. The topological polar surface area (TPSA) is 90.5 Å². The predicted molar refractivity (Wildman–Crippen MR) is 78.1 cm³/mol. The van der Waals surface area contributed by atoms with Gasteiger partial charge in [0.2, 0.25) is 0 Å². The molecule has 3 N–H and O–H groups in total. The summed E-state index contributed by atoms with van der Waals surface area (Å²) in [5, 5.41) is 9.75. The summed E-state index contributed by atoms with van der Waals surface area (Å²) < 4.78 is 10.8. The number of ether oxygens (including phenoxy) is 2. The summed E-state index contributed by atoms with van der Waals surface area (Å²) >= 11 is 0. The Kier molecular flexibility index (Phi) is 3.62. The van der Waals surface area contributed by atoms with E-state index in [1.54, 1.807) is 18.2 Å². The number of hydrogen-bond acceptors (Lipinski definition) is 6. The van der Waals surface area contributed by atoms with Crippen LogP contribution in [-0.2, 0) is 17.8 Å². The van der Waals surface area contributed by atoms with Gasteiger partial charge in [0.1, 0.15) is 5.82 Å². The maximum Gasteiger partial charge on any atom is 0.161 e. The minimum atomic E-state index is 0.0972. The van der Waals surface area contributed by atoms with Gasteiger partial charge in [-0.05, 0) is 25.1 Å². The van der Waals surface area contributed by atoms with Crippen molar-refractivity contribution in [2.45, 2.75) is 20.0 Å². The summed E-state index contributed by atoms with van der Waals surface area (Å²) in [5.74, 6) is 1.49. The molecular formula is C15H17N3O3. The zero-order valence-corrected chi connectivity index (χ0v) is 11.8. The van der Waals surface area contributed by atoms with Crippen LogP contribution in [0, 0.1) is 0 Å². The summed E-state index contributed by atoms with van der Waals surface area (Å²) in [4.78, 5) is 8.90. The molecule has 0 saturated carbocycles. The molecule has 0 saturated heterocycles. The van der Waals surface area contributed by atoms with Crippen molar-refractivity contribution in [3.05, 3.63) is 29.5 Å². The summed E-state index contributed by atoms with van der Waals surface area (Å²) in [6.45, 7) is 3.44. The minimum Gasteiger partial charge on any atom is -0.504 e. The highest BCUT2D eigenvalue weighted by Gasteiger charge is 2.18. The van der Waals surface area contributed by atoms with E-state index in [9.17, 15) is 5.11 Å². The zero-order chi connectivity index (χ0) is 14.8. The Morgan fingerprint density at radius 3 is 3.05 bits per heavy atom. The Labute approximate surface area is 122 Å². The van der Waals surface area contributed by atoms with Gasteiger partial charge in [-0.3, -0.25) is 0 Å². The number of nitrogen functional groups attached to an aromatic ring is 1. The monoisotopic (exact) mass is 287 g/mol. The molecule has 0 fully saturated rings. The average molecular weight is 287 g/mol. The molecule has 0 unspecified atom stereocenters. The van der Waals surface area contributed by atoms with E-state index < -0.39 is 0 Å². The van der Waals surface area contributed by atoms with E-state index in [2.05, 4.69) is 9.97 Å². The van der Waals surface area contributed by atoms with Crippen LogP contribution < -0.4 is 10.5 Å². The fourth-order valence-corrected chi connectivity index (χ4v) is 2.31. The Hall–Kier alpha value is -2.34. The lowest BCUT2D eigenvalue weighted by Gasteiger charge is -2.18. The van der Waals surface area contributed by atoms with Crippen LogP contribution in [0.3, 0.4) is 0 Å². The van der Waals surface area contributed by atoms with E-state index in [1.165, 1.54) is 0 Å². The number of benzene rings is 1. The highest BCUT2D eigenvalue weighted by atomic mass is 16.5. The molecule has 6 nitrogen and oxygen atoms in total. The Morgan fingerprint density at radius 1 is 1.38 bits per heavy atom. The van der Waals surface area contributed by atoms with Crippen LogP contribution in [0.4, 0.5) is 5.82 Å². The van der Waals surface area contributed by atoms with E-state index >= 15 is 0 Å². The normalized spacial score (nSPS) is 13.8. The van der Waals surface area contributed by atoms with Crippen LogP contribution in [0.15, 0.2) is 18.2 Å². The van der Waals surface area contributed by atoms with Gasteiger partial charge in [-0.2, -0.15) is 0 Å². The van der Waals surface area contributed by atoms with Crippen LogP contribution in [-0.4, -0.2) is 28.3 Å². The van der Waals surface area contributed by atoms with Crippen molar-refractivity contribution in [1.82, 2.24) is 9.97 Å². The zero-order valence-electron chi connectivity index (χ0n) is 11.8. The third-order valence-corrected chi connectivity index (χ3v) is 3.37. The molecule has 1 aromatic carbocycles. The largest absolute Gasteiger partial charge is 0.504 e. The van der Waals surface area contributed by atoms with Crippen molar-refractivity contribution in [3.63, 3.8) is 0 Å². The highest BCUT2D eigenvalue weighted by molar-refractivity contribution is 5.63. The van der Waals surface area contributed by atoms with Gasteiger partial charge in [-0.25, -0.2) is 9.97 Å². The fourth-order valence-electron chi connectivity index (χ4n) is 2.31. The van der Waals surface area contributed by atoms with Gasteiger partial charge >= 0.3 is 0 Å². The van der Waals surface area contributed by atoms with Crippen molar-refractivity contribution < 1.29 is 14.6 Å². The van der Waals surface area contributed by atoms with Crippen molar-refractivity contribution in [1.29, 1.82) is 0 Å². The van der Waals surface area contributed by atoms with E-state index in [0.717, 1.165) is 23.2 Å². The van der Waals surface area contributed by atoms with Crippen molar-refractivity contribution >= 4 is 5.82 Å². The molecule has 21 heavy (non-hydrogen) atoms. The van der Waals surface area contributed by atoms with Gasteiger partial charge in [-0.1, -0.05) is 0 Å². The summed E-state index contributed by atoms with van der Waals surface area (Å²) in [6.07, 6.45) is 0.728. The molecule has 0 atom stereocenters. The smallest absolute Gasteiger partial charge is 0.161 e. The number of rotatable bonds is 3. The Morgan fingerprint density at radius 2 is 2.24 bits per heavy atom.